The summed E-state index contributed by atoms with van der Waals surface area (Å²) in [4.78, 5) is 0. The van der Waals surface area contributed by atoms with Crippen LogP contribution in [0.3, 0.4) is 0 Å². The van der Waals surface area contributed by atoms with Crippen LogP contribution in [0, 0.1) is 0 Å². The molecule has 0 spiro atoms. The van der Waals surface area contributed by atoms with E-state index in [1.807, 2.05) is 6.07 Å². The molecule has 19 heavy (non-hydrogen) atoms. The highest BCUT2D eigenvalue weighted by Crippen LogP contribution is 2.25. The summed E-state index contributed by atoms with van der Waals surface area (Å²) in [5.41, 5.74) is 1.48. The van der Waals surface area contributed by atoms with Crippen molar-refractivity contribution in [3.63, 3.8) is 0 Å². The molecule has 1 rings (SSSR count). The van der Waals surface area contributed by atoms with Crippen molar-refractivity contribution >= 4 is 0 Å². The van der Waals surface area contributed by atoms with Gasteiger partial charge < -0.3 is 10.1 Å². The van der Waals surface area contributed by atoms with E-state index in [1.54, 1.807) is 0 Å². The van der Waals surface area contributed by atoms with Gasteiger partial charge in [0, 0.05) is 6.54 Å². The molecule has 1 atom stereocenters. The summed E-state index contributed by atoms with van der Waals surface area (Å²) in [6.07, 6.45) is 2.66. The summed E-state index contributed by atoms with van der Waals surface area (Å²) in [5.74, 6) is 0.970. The maximum absolute atomic E-state index is 5.97. The first-order valence-corrected chi connectivity index (χ1v) is 7.41. The smallest absolute Gasteiger partial charge is 0.120 e. The first-order chi connectivity index (χ1) is 8.93. The third kappa shape index (κ3) is 6.11. The Morgan fingerprint density at radius 1 is 1.26 bits per heavy atom. The van der Waals surface area contributed by atoms with E-state index in [0.29, 0.717) is 0 Å². The lowest BCUT2D eigenvalue weighted by Crippen LogP contribution is -2.29. The summed E-state index contributed by atoms with van der Waals surface area (Å²) < 4.78 is 5.97. The van der Waals surface area contributed by atoms with E-state index < -0.39 is 0 Å². The van der Waals surface area contributed by atoms with Gasteiger partial charge in [0.25, 0.3) is 0 Å². The minimum Gasteiger partial charge on any atom is -0.489 e. The molecule has 0 aromatic heterocycles. The Morgan fingerprint density at radius 3 is 2.63 bits per heavy atom. The number of ether oxygens (including phenoxy) is 1. The summed E-state index contributed by atoms with van der Waals surface area (Å²) in [7, 11) is 0. The van der Waals surface area contributed by atoms with Gasteiger partial charge in [-0.15, -0.1) is 0 Å². The normalized spacial score (nSPS) is 13.3. The maximum atomic E-state index is 5.97. The lowest BCUT2D eigenvalue weighted by atomic mass is 9.87. The van der Waals surface area contributed by atoms with Crippen LogP contribution in [0.5, 0.6) is 5.75 Å². The van der Waals surface area contributed by atoms with Crippen molar-refractivity contribution in [2.45, 2.75) is 59.0 Å². The van der Waals surface area contributed by atoms with Crippen LogP contribution in [0.2, 0.25) is 0 Å². The zero-order valence-electron chi connectivity index (χ0n) is 13.1. The van der Waals surface area contributed by atoms with Crippen LogP contribution in [0.1, 0.15) is 53.0 Å². The van der Waals surface area contributed by atoms with Crippen LogP contribution in [0.25, 0.3) is 0 Å². The fourth-order valence-electron chi connectivity index (χ4n) is 1.92. The van der Waals surface area contributed by atoms with E-state index in [9.17, 15) is 0 Å². The lowest BCUT2D eigenvalue weighted by molar-refractivity contribution is 0.217. The Balaban J connectivity index is 2.48. The van der Waals surface area contributed by atoms with Crippen molar-refractivity contribution in [1.82, 2.24) is 5.32 Å². The van der Waals surface area contributed by atoms with E-state index in [2.05, 4.69) is 58.1 Å². The highest BCUT2D eigenvalue weighted by molar-refractivity contribution is 5.32. The van der Waals surface area contributed by atoms with E-state index in [-0.39, 0.29) is 11.5 Å². The van der Waals surface area contributed by atoms with Crippen molar-refractivity contribution in [2.75, 3.05) is 13.1 Å². The van der Waals surface area contributed by atoms with Crippen LogP contribution in [-0.2, 0) is 5.41 Å². The second-order valence-electron chi connectivity index (χ2n) is 6.26. The van der Waals surface area contributed by atoms with Crippen LogP contribution < -0.4 is 10.1 Å². The molecule has 0 radical (unpaired) electrons. The Hall–Kier alpha value is -1.02. The first-order valence-electron chi connectivity index (χ1n) is 7.41. The van der Waals surface area contributed by atoms with Gasteiger partial charge in [0.2, 0.25) is 0 Å². The molecule has 1 unspecified atom stereocenters. The monoisotopic (exact) mass is 263 g/mol. The molecule has 0 saturated heterocycles. The molecule has 2 heteroatoms. The highest BCUT2D eigenvalue weighted by Gasteiger charge is 2.14. The van der Waals surface area contributed by atoms with Crippen LogP contribution in [0.15, 0.2) is 24.3 Å². The topological polar surface area (TPSA) is 21.3 Å². The average molecular weight is 263 g/mol. The largest absolute Gasteiger partial charge is 0.489 e. The van der Waals surface area contributed by atoms with Gasteiger partial charge in [-0.25, -0.2) is 0 Å². The number of unbranched alkanes of at least 4 members (excludes halogenated alkanes) is 1. The molecular formula is C17H29NO. The minimum atomic E-state index is 0.169. The molecule has 0 aliphatic rings. The Morgan fingerprint density at radius 2 is 2.00 bits per heavy atom. The zero-order valence-corrected chi connectivity index (χ0v) is 13.1. The summed E-state index contributed by atoms with van der Waals surface area (Å²) >= 11 is 0. The molecule has 0 aliphatic heterocycles. The number of hydrogen-bond acceptors (Lipinski definition) is 2. The molecule has 0 amide bonds. The van der Waals surface area contributed by atoms with Crippen molar-refractivity contribution in [3.05, 3.63) is 29.8 Å². The molecule has 0 heterocycles. The SMILES string of the molecule is CCCCNCC(C)Oc1cccc(C(C)(C)C)c1. The molecule has 2 nitrogen and oxygen atoms in total. The van der Waals surface area contributed by atoms with E-state index in [0.717, 1.165) is 18.8 Å². The quantitative estimate of drug-likeness (QED) is 0.746. The molecule has 0 bridgehead atoms. The minimum absolute atomic E-state index is 0.169. The van der Waals surface area contributed by atoms with Gasteiger partial charge in [-0.2, -0.15) is 0 Å². The number of rotatable bonds is 7. The van der Waals surface area contributed by atoms with Gasteiger partial charge in [0.05, 0.1) is 0 Å². The molecule has 0 fully saturated rings. The average Bonchev–Trinajstić information content (AvgIpc) is 2.34. The summed E-state index contributed by atoms with van der Waals surface area (Å²) in [6, 6.07) is 8.44. The number of nitrogens with one attached hydrogen (secondary N) is 1. The van der Waals surface area contributed by atoms with Gasteiger partial charge in [-0.3, -0.25) is 0 Å². The summed E-state index contributed by atoms with van der Waals surface area (Å²) in [6.45, 7) is 13.0. The first kappa shape index (κ1) is 16.0. The van der Waals surface area contributed by atoms with Crippen molar-refractivity contribution in [3.8, 4) is 5.75 Å². The van der Waals surface area contributed by atoms with Crippen LogP contribution >= 0.6 is 0 Å². The summed E-state index contributed by atoms with van der Waals surface area (Å²) in [5, 5.41) is 3.43. The maximum Gasteiger partial charge on any atom is 0.120 e. The predicted octanol–water partition coefficient (Wildman–Crippen LogP) is 4.14. The zero-order chi connectivity index (χ0) is 14.3. The molecule has 1 aromatic rings. The van der Waals surface area contributed by atoms with Gasteiger partial charge >= 0.3 is 0 Å². The molecule has 0 aliphatic carbocycles. The third-order valence-electron chi connectivity index (χ3n) is 3.18. The second-order valence-corrected chi connectivity index (χ2v) is 6.26. The fraction of sp³-hybridized carbons (Fsp3) is 0.647. The standard InChI is InChI=1S/C17H29NO/c1-6-7-11-18-13-14(2)19-16-10-8-9-15(12-16)17(3,4)5/h8-10,12,14,18H,6-7,11,13H2,1-5H3. The molecule has 1 aromatic carbocycles. The Bertz CT molecular complexity index is 368. The van der Waals surface area contributed by atoms with Crippen LogP contribution in [0.4, 0.5) is 0 Å². The number of benzene rings is 1. The van der Waals surface area contributed by atoms with Gasteiger partial charge in [-0.05, 0) is 43.0 Å². The van der Waals surface area contributed by atoms with Gasteiger partial charge in [-0.1, -0.05) is 46.2 Å². The van der Waals surface area contributed by atoms with E-state index >= 15 is 0 Å². The van der Waals surface area contributed by atoms with E-state index in [1.165, 1.54) is 18.4 Å². The van der Waals surface area contributed by atoms with Crippen molar-refractivity contribution in [1.29, 1.82) is 0 Å². The van der Waals surface area contributed by atoms with Crippen LogP contribution in [-0.4, -0.2) is 19.2 Å². The highest BCUT2D eigenvalue weighted by atomic mass is 16.5. The Kier molecular flexibility index (Phi) is 6.36. The number of hydrogen-bond donors (Lipinski definition) is 1. The van der Waals surface area contributed by atoms with Crippen molar-refractivity contribution in [2.24, 2.45) is 0 Å². The fourth-order valence-corrected chi connectivity index (χ4v) is 1.92. The van der Waals surface area contributed by atoms with Gasteiger partial charge in [0.15, 0.2) is 0 Å². The third-order valence-corrected chi connectivity index (χ3v) is 3.18. The predicted molar refractivity (Wildman–Crippen MR) is 83.0 cm³/mol. The molecule has 1 N–H and O–H groups in total. The van der Waals surface area contributed by atoms with Gasteiger partial charge in [0.1, 0.15) is 11.9 Å². The van der Waals surface area contributed by atoms with Crippen molar-refractivity contribution < 1.29 is 4.74 Å². The Labute approximate surface area is 118 Å². The molecule has 0 saturated carbocycles. The molecule has 108 valence electrons. The second kappa shape index (κ2) is 7.54. The lowest BCUT2D eigenvalue weighted by Gasteiger charge is -2.21. The molecular weight excluding hydrogens is 234 g/mol. The van der Waals surface area contributed by atoms with E-state index in [4.69, 9.17) is 4.74 Å².